The van der Waals surface area contributed by atoms with Crippen molar-refractivity contribution in [3.05, 3.63) is 59.7 Å². The van der Waals surface area contributed by atoms with E-state index in [0.29, 0.717) is 6.41 Å². The molecule has 0 aromatic heterocycles. The van der Waals surface area contributed by atoms with E-state index < -0.39 is 0 Å². The Balaban J connectivity index is 0.000000541. The van der Waals surface area contributed by atoms with Crippen molar-refractivity contribution in [3.8, 4) is 11.5 Å². The van der Waals surface area contributed by atoms with E-state index in [2.05, 4.69) is 43.4 Å². The van der Waals surface area contributed by atoms with Crippen LogP contribution in [0.4, 0.5) is 0 Å². The summed E-state index contributed by atoms with van der Waals surface area (Å²) in [5, 5.41) is 2.25. The molecule has 1 amide bonds. The number of unbranched alkanes of at least 4 members (excludes halogenated alkanes) is 1. The van der Waals surface area contributed by atoms with Crippen LogP contribution in [0.15, 0.2) is 48.5 Å². The first-order valence-electron chi connectivity index (χ1n) is 7.64. The van der Waals surface area contributed by atoms with Crippen LogP contribution in [0.3, 0.4) is 0 Å². The zero-order chi connectivity index (χ0) is 16.2. The fourth-order valence-electron chi connectivity index (χ4n) is 1.85. The second-order valence-electron chi connectivity index (χ2n) is 5.07. The molecule has 3 nitrogen and oxygen atoms in total. The summed E-state index contributed by atoms with van der Waals surface area (Å²) in [6.45, 7) is 4.29. The third-order valence-corrected chi connectivity index (χ3v) is 3.12. The monoisotopic (exact) mass is 299 g/mol. The van der Waals surface area contributed by atoms with Crippen molar-refractivity contribution in [1.82, 2.24) is 5.32 Å². The highest BCUT2D eigenvalue weighted by atomic mass is 16.5. The van der Waals surface area contributed by atoms with Crippen LogP contribution in [0.2, 0.25) is 0 Å². The van der Waals surface area contributed by atoms with Gasteiger partial charge in [-0.2, -0.15) is 0 Å². The average molecular weight is 299 g/mol. The standard InChI is InChI=1S/C17H20O.C2H5NO/c1-3-4-5-15-8-12-17(13-9-15)18-16-10-6-14(2)7-11-16;1-3-2-4/h6-13H,3-5H2,1-2H3;2H,1H3,(H,3,4). The fraction of sp³-hybridized carbons (Fsp3) is 0.316. The minimum absolute atomic E-state index is 0.625. The van der Waals surface area contributed by atoms with Crippen molar-refractivity contribution in [2.45, 2.75) is 33.1 Å². The quantitative estimate of drug-likeness (QED) is 0.798. The van der Waals surface area contributed by atoms with Gasteiger partial charge < -0.3 is 10.1 Å². The van der Waals surface area contributed by atoms with E-state index in [1.54, 1.807) is 7.05 Å². The highest BCUT2D eigenvalue weighted by molar-refractivity contribution is 5.44. The summed E-state index contributed by atoms with van der Waals surface area (Å²) in [6, 6.07) is 16.5. The van der Waals surface area contributed by atoms with Gasteiger partial charge in [0.15, 0.2) is 0 Å². The molecule has 0 bridgehead atoms. The highest BCUT2D eigenvalue weighted by Gasteiger charge is 1.98. The Hall–Kier alpha value is -2.29. The molecule has 2 rings (SSSR count). The lowest BCUT2D eigenvalue weighted by molar-refractivity contribution is -0.109. The molecule has 0 spiro atoms. The summed E-state index contributed by atoms with van der Waals surface area (Å²) >= 11 is 0. The number of amides is 1. The number of nitrogens with one attached hydrogen (secondary N) is 1. The normalized spacial score (nSPS) is 9.41. The van der Waals surface area contributed by atoms with E-state index in [1.807, 2.05) is 24.3 Å². The molecule has 118 valence electrons. The van der Waals surface area contributed by atoms with E-state index >= 15 is 0 Å². The molecule has 0 unspecified atom stereocenters. The number of benzene rings is 2. The van der Waals surface area contributed by atoms with Gasteiger partial charge in [0.2, 0.25) is 6.41 Å². The van der Waals surface area contributed by atoms with Crippen LogP contribution >= 0.6 is 0 Å². The lowest BCUT2D eigenvalue weighted by Crippen LogP contribution is -1.98. The first kappa shape index (κ1) is 17.8. The van der Waals surface area contributed by atoms with E-state index in [0.717, 1.165) is 17.9 Å². The van der Waals surface area contributed by atoms with Crippen molar-refractivity contribution >= 4 is 6.41 Å². The molecule has 1 N–H and O–H groups in total. The summed E-state index contributed by atoms with van der Waals surface area (Å²) in [4.78, 5) is 9.06. The number of hydrogen-bond donors (Lipinski definition) is 1. The molecule has 0 saturated heterocycles. The van der Waals surface area contributed by atoms with Gasteiger partial charge in [0.25, 0.3) is 0 Å². The number of rotatable bonds is 6. The van der Waals surface area contributed by atoms with Crippen molar-refractivity contribution in [2.75, 3.05) is 7.05 Å². The van der Waals surface area contributed by atoms with Crippen LogP contribution in [0.5, 0.6) is 11.5 Å². The Bertz CT molecular complexity index is 532. The van der Waals surface area contributed by atoms with E-state index in [1.165, 1.54) is 24.0 Å². The molecule has 0 atom stereocenters. The zero-order valence-electron chi connectivity index (χ0n) is 13.6. The summed E-state index contributed by atoms with van der Waals surface area (Å²) in [5.41, 5.74) is 2.63. The van der Waals surface area contributed by atoms with Crippen LogP contribution in [-0.2, 0) is 11.2 Å². The van der Waals surface area contributed by atoms with Crippen molar-refractivity contribution in [3.63, 3.8) is 0 Å². The van der Waals surface area contributed by atoms with Crippen LogP contribution < -0.4 is 10.1 Å². The van der Waals surface area contributed by atoms with Crippen LogP contribution in [0.1, 0.15) is 30.9 Å². The molecule has 0 saturated carbocycles. The van der Waals surface area contributed by atoms with E-state index in [4.69, 9.17) is 9.53 Å². The molecule has 0 fully saturated rings. The molecule has 0 aliphatic rings. The summed E-state index contributed by atoms with van der Waals surface area (Å²) < 4.78 is 5.79. The molecular formula is C19H25NO2. The number of hydrogen-bond acceptors (Lipinski definition) is 2. The lowest BCUT2D eigenvalue weighted by atomic mass is 10.1. The van der Waals surface area contributed by atoms with Crippen molar-refractivity contribution in [2.24, 2.45) is 0 Å². The first-order valence-corrected chi connectivity index (χ1v) is 7.64. The number of carbonyl (C=O) groups is 1. The predicted molar refractivity (Wildman–Crippen MR) is 91.4 cm³/mol. The van der Waals surface area contributed by atoms with E-state index in [-0.39, 0.29) is 0 Å². The van der Waals surface area contributed by atoms with Gasteiger partial charge >= 0.3 is 0 Å². The molecule has 2 aromatic rings. The van der Waals surface area contributed by atoms with Gasteiger partial charge in [-0.15, -0.1) is 0 Å². The second kappa shape index (κ2) is 10.4. The maximum Gasteiger partial charge on any atom is 0.206 e. The molecule has 0 aliphatic heterocycles. The predicted octanol–water partition coefficient (Wildman–Crippen LogP) is 4.49. The first-order chi connectivity index (χ1) is 10.7. The SMILES string of the molecule is CCCCc1ccc(Oc2ccc(C)cc2)cc1.CNC=O. The summed E-state index contributed by atoms with van der Waals surface area (Å²) in [6.07, 6.45) is 4.26. The van der Waals surface area contributed by atoms with Gasteiger partial charge in [-0.3, -0.25) is 4.79 Å². The third kappa shape index (κ3) is 6.93. The maximum atomic E-state index is 9.06. The minimum Gasteiger partial charge on any atom is -0.457 e. The Morgan fingerprint density at radius 1 is 1.00 bits per heavy atom. The molecule has 0 radical (unpaired) electrons. The second-order valence-corrected chi connectivity index (χ2v) is 5.07. The molecule has 3 heteroatoms. The summed E-state index contributed by atoms with van der Waals surface area (Å²) in [5.74, 6) is 1.79. The third-order valence-electron chi connectivity index (χ3n) is 3.12. The van der Waals surface area contributed by atoms with Gasteiger partial charge in [0, 0.05) is 7.05 Å². The molecule has 22 heavy (non-hydrogen) atoms. The van der Waals surface area contributed by atoms with Crippen molar-refractivity contribution in [1.29, 1.82) is 0 Å². The maximum absolute atomic E-state index is 9.06. The lowest BCUT2D eigenvalue weighted by Gasteiger charge is -2.07. The van der Waals surface area contributed by atoms with Gasteiger partial charge in [-0.05, 0) is 49.6 Å². The Kier molecular flexibility index (Phi) is 8.43. The van der Waals surface area contributed by atoms with Crippen LogP contribution in [0, 0.1) is 6.92 Å². The molecular weight excluding hydrogens is 274 g/mol. The molecule has 0 aliphatic carbocycles. The number of ether oxygens (including phenoxy) is 1. The smallest absolute Gasteiger partial charge is 0.206 e. The number of carbonyl (C=O) groups excluding carboxylic acids is 1. The summed E-state index contributed by atoms with van der Waals surface area (Å²) in [7, 11) is 1.56. The molecule has 0 heterocycles. The molecule has 2 aromatic carbocycles. The average Bonchev–Trinajstić information content (AvgIpc) is 2.56. The Labute approximate surface area is 133 Å². The largest absolute Gasteiger partial charge is 0.457 e. The number of aryl methyl sites for hydroxylation is 2. The fourth-order valence-corrected chi connectivity index (χ4v) is 1.85. The van der Waals surface area contributed by atoms with E-state index in [9.17, 15) is 0 Å². The van der Waals surface area contributed by atoms with Crippen LogP contribution in [0.25, 0.3) is 0 Å². The highest BCUT2D eigenvalue weighted by Crippen LogP contribution is 2.22. The topological polar surface area (TPSA) is 38.3 Å². The van der Waals surface area contributed by atoms with Gasteiger partial charge in [-0.25, -0.2) is 0 Å². The Morgan fingerprint density at radius 2 is 1.50 bits per heavy atom. The van der Waals surface area contributed by atoms with Gasteiger partial charge in [-0.1, -0.05) is 43.2 Å². The van der Waals surface area contributed by atoms with Crippen LogP contribution in [-0.4, -0.2) is 13.5 Å². The van der Waals surface area contributed by atoms with Crippen molar-refractivity contribution < 1.29 is 9.53 Å². The zero-order valence-corrected chi connectivity index (χ0v) is 13.6. The Morgan fingerprint density at radius 3 is 1.95 bits per heavy atom. The van der Waals surface area contributed by atoms with Gasteiger partial charge in [0.05, 0.1) is 0 Å². The van der Waals surface area contributed by atoms with Gasteiger partial charge in [0.1, 0.15) is 11.5 Å². The minimum atomic E-state index is 0.625.